The minimum absolute atomic E-state index is 0.00829. The predicted molar refractivity (Wildman–Crippen MR) is 143 cm³/mol. The standard InChI is InChI=1S/C29H33BrN2O3/c1-4-22(3)31-29(34)27(18-23-10-6-5-7-11-23)32(19-24-13-15-25(30)16-14-24)28(33)20-35-26-12-8-9-21(2)17-26/h5-17,22,27H,4,18-20H2,1-3H3,(H,31,34)/t22-,27+/m0/s1. The van der Waals surface area contributed by atoms with Gasteiger partial charge in [0.15, 0.2) is 6.61 Å². The topological polar surface area (TPSA) is 58.6 Å². The van der Waals surface area contributed by atoms with Gasteiger partial charge in [-0.2, -0.15) is 0 Å². The molecule has 0 aliphatic rings. The number of halogens is 1. The molecule has 3 rings (SSSR count). The van der Waals surface area contributed by atoms with E-state index in [-0.39, 0.29) is 24.5 Å². The molecule has 0 spiro atoms. The first kappa shape index (κ1) is 26.5. The number of ether oxygens (including phenoxy) is 1. The van der Waals surface area contributed by atoms with Gasteiger partial charge in [-0.1, -0.05) is 77.5 Å². The minimum Gasteiger partial charge on any atom is -0.484 e. The fourth-order valence-electron chi connectivity index (χ4n) is 3.71. The van der Waals surface area contributed by atoms with Gasteiger partial charge in [-0.3, -0.25) is 9.59 Å². The molecule has 3 aromatic carbocycles. The summed E-state index contributed by atoms with van der Waals surface area (Å²) in [4.78, 5) is 28.7. The van der Waals surface area contributed by atoms with E-state index in [2.05, 4.69) is 21.2 Å². The maximum absolute atomic E-state index is 13.6. The van der Waals surface area contributed by atoms with E-state index < -0.39 is 6.04 Å². The molecule has 0 aromatic heterocycles. The summed E-state index contributed by atoms with van der Waals surface area (Å²) >= 11 is 3.46. The molecule has 1 N–H and O–H groups in total. The molecule has 35 heavy (non-hydrogen) atoms. The van der Waals surface area contributed by atoms with Gasteiger partial charge in [0.1, 0.15) is 11.8 Å². The van der Waals surface area contributed by atoms with E-state index in [4.69, 9.17) is 4.74 Å². The zero-order chi connectivity index (χ0) is 25.2. The number of rotatable bonds is 11. The lowest BCUT2D eigenvalue weighted by atomic mass is 10.0. The van der Waals surface area contributed by atoms with Crippen molar-refractivity contribution >= 4 is 27.7 Å². The van der Waals surface area contributed by atoms with Crippen LogP contribution in [0, 0.1) is 6.92 Å². The summed E-state index contributed by atoms with van der Waals surface area (Å²) in [6.07, 6.45) is 1.22. The van der Waals surface area contributed by atoms with Gasteiger partial charge < -0.3 is 15.0 Å². The first-order valence-electron chi connectivity index (χ1n) is 11.9. The normalized spacial score (nSPS) is 12.5. The third kappa shape index (κ3) is 8.25. The number of nitrogens with zero attached hydrogens (tertiary/aromatic N) is 1. The van der Waals surface area contributed by atoms with Crippen molar-refractivity contribution in [2.45, 2.75) is 52.2 Å². The number of hydrogen-bond acceptors (Lipinski definition) is 3. The van der Waals surface area contributed by atoms with E-state index >= 15 is 0 Å². The average molecular weight is 537 g/mol. The monoisotopic (exact) mass is 536 g/mol. The Labute approximate surface area is 216 Å². The maximum atomic E-state index is 13.6. The largest absolute Gasteiger partial charge is 0.484 e. The molecule has 0 aliphatic carbocycles. The molecule has 184 valence electrons. The molecule has 3 aromatic rings. The van der Waals surface area contributed by atoms with Gasteiger partial charge >= 0.3 is 0 Å². The smallest absolute Gasteiger partial charge is 0.261 e. The minimum atomic E-state index is -0.677. The number of aryl methyl sites for hydroxylation is 1. The van der Waals surface area contributed by atoms with Crippen LogP contribution in [0.1, 0.15) is 37.0 Å². The number of hydrogen-bond donors (Lipinski definition) is 1. The number of amides is 2. The van der Waals surface area contributed by atoms with Crippen LogP contribution in [-0.4, -0.2) is 35.4 Å². The highest BCUT2D eigenvalue weighted by molar-refractivity contribution is 9.10. The highest BCUT2D eigenvalue weighted by atomic mass is 79.9. The zero-order valence-corrected chi connectivity index (χ0v) is 22.1. The van der Waals surface area contributed by atoms with Crippen molar-refractivity contribution in [2.24, 2.45) is 0 Å². The number of carbonyl (C=O) groups excluding carboxylic acids is 2. The van der Waals surface area contributed by atoms with E-state index in [1.54, 1.807) is 4.90 Å². The van der Waals surface area contributed by atoms with Crippen molar-refractivity contribution in [2.75, 3.05) is 6.61 Å². The Morgan fingerprint density at radius 2 is 1.69 bits per heavy atom. The highest BCUT2D eigenvalue weighted by Gasteiger charge is 2.31. The molecule has 0 saturated carbocycles. The molecular formula is C29H33BrN2O3. The van der Waals surface area contributed by atoms with E-state index in [1.807, 2.05) is 99.6 Å². The molecule has 0 heterocycles. The van der Waals surface area contributed by atoms with Crippen molar-refractivity contribution in [3.8, 4) is 5.75 Å². The SMILES string of the molecule is CC[C@H](C)NC(=O)[C@@H](Cc1ccccc1)N(Cc1ccc(Br)cc1)C(=O)COc1cccc(C)c1. The van der Waals surface area contributed by atoms with Gasteiger partial charge in [0.25, 0.3) is 5.91 Å². The lowest BCUT2D eigenvalue weighted by Gasteiger charge is -2.32. The fourth-order valence-corrected chi connectivity index (χ4v) is 3.98. The summed E-state index contributed by atoms with van der Waals surface area (Å²) in [5.74, 6) is 0.226. The Bertz CT molecular complexity index is 1100. The third-order valence-electron chi connectivity index (χ3n) is 5.89. The third-order valence-corrected chi connectivity index (χ3v) is 6.42. The second-order valence-electron chi connectivity index (χ2n) is 8.78. The summed E-state index contributed by atoms with van der Waals surface area (Å²) in [5, 5.41) is 3.08. The Balaban J connectivity index is 1.90. The molecule has 2 amide bonds. The molecule has 0 radical (unpaired) electrons. The number of carbonyl (C=O) groups is 2. The van der Waals surface area contributed by atoms with Crippen LogP contribution >= 0.6 is 15.9 Å². The number of benzene rings is 3. The van der Waals surface area contributed by atoms with Crippen LogP contribution in [0.5, 0.6) is 5.75 Å². The van der Waals surface area contributed by atoms with Crippen molar-refractivity contribution in [3.63, 3.8) is 0 Å². The number of nitrogens with one attached hydrogen (secondary N) is 1. The molecule has 6 heteroatoms. The molecule has 0 bridgehead atoms. The zero-order valence-electron chi connectivity index (χ0n) is 20.5. The van der Waals surface area contributed by atoms with Gasteiger partial charge in [0.2, 0.25) is 5.91 Å². The molecule has 0 aliphatic heterocycles. The summed E-state index contributed by atoms with van der Waals surface area (Å²) < 4.78 is 6.79. The quantitative estimate of drug-likeness (QED) is 0.342. The van der Waals surface area contributed by atoms with E-state index in [0.29, 0.717) is 18.7 Å². The lowest BCUT2D eigenvalue weighted by molar-refractivity contribution is -0.143. The van der Waals surface area contributed by atoms with Crippen molar-refractivity contribution in [1.29, 1.82) is 0 Å². The van der Waals surface area contributed by atoms with Crippen LogP contribution in [-0.2, 0) is 22.6 Å². The summed E-state index contributed by atoms with van der Waals surface area (Å²) in [6, 6.07) is 24.5. The Kier molecular flexibility index (Phi) is 9.91. The van der Waals surface area contributed by atoms with Gasteiger partial charge in [0.05, 0.1) is 0 Å². The Morgan fingerprint density at radius 1 is 0.971 bits per heavy atom. The second kappa shape index (κ2) is 13.1. The van der Waals surface area contributed by atoms with Crippen LogP contribution in [0.4, 0.5) is 0 Å². The summed E-state index contributed by atoms with van der Waals surface area (Å²) in [7, 11) is 0. The van der Waals surface area contributed by atoms with E-state index in [1.165, 1.54) is 0 Å². The van der Waals surface area contributed by atoms with E-state index in [0.717, 1.165) is 27.6 Å². The Morgan fingerprint density at radius 3 is 2.34 bits per heavy atom. The molecule has 0 unspecified atom stereocenters. The lowest BCUT2D eigenvalue weighted by Crippen LogP contribution is -2.53. The molecule has 2 atom stereocenters. The first-order valence-corrected chi connectivity index (χ1v) is 12.7. The second-order valence-corrected chi connectivity index (χ2v) is 9.69. The predicted octanol–water partition coefficient (Wildman–Crippen LogP) is 5.69. The molecular weight excluding hydrogens is 504 g/mol. The van der Waals surface area contributed by atoms with Crippen molar-refractivity contribution in [1.82, 2.24) is 10.2 Å². The molecule has 0 fully saturated rings. The maximum Gasteiger partial charge on any atom is 0.261 e. The van der Waals surface area contributed by atoms with Gasteiger partial charge in [0, 0.05) is 23.5 Å². The summed E-state index contributed by atoms with van der Waals surface area (Å²) in [5.41, 5.74) is 2.98. The Hall–Kier alpha value is -3.12. The molecule has 0 saturated heterocycles. The molecule has 5 nitrogen and oxygen atoms in total. The van der Waals surface area contributed by atoms with Crippen molar-refractivity contribution < 1.29 is 14.3 Å². The van der Waals surface area contributed by atoms with Crippen molar-refractivity contribution in [3.05, 3.63) is 100 Å². The van der Waals surface area contributed by atoms with Crippen LogP contribution in [0.15, 0.2) is 83.3 Å². The first-order chi connectivity index (χ1) is 16.9. The van der Waals surface area contributed by atoms with E-state index in [9.17, 15) is 9.59 Å². The summed E-state index contributed by atoms with van der Waals surface area (Å²) in [6.45, 7) is 6.12. The van der Waals surface area contributed by atoms with Crippen LogP contribution in [0.2, 0.25) is 0 Å². The highest BCUT2D eigenvalue weighted by Crippen LogP contribution is 2.18. The van der Waals surface area contributed by atoms with Crippen LogP contribution in [0.25, 0.3) is 0 Å². The van der Waals surface area contributed by atoms with Crippen LogP contribution < -0.4 is 10.1 Å². The van der Waals surface area contributed by atoms with Gasteiger partial charge in [-0.05, 0) is 61.2 Å². The fraction of sp³-hybridized carbons (Fsp3) is 0.310. The van der Waals surface area contributed by atoms with Gasteiger partial charge in [-0.15, -0.1) is 0 Å². The average Bonchev–Trinajstić information content (AvgIpc) is 2.86. The van der Waals surface area contributed by atoms with Gasteiger partial charge in [-0.25, -0.2) is 0 Å². The van der Waals surface area contributed by atoms with Crippen LogP contribution in [0.3, 0.4) is 0 Å².